The van der Waals surface area contributed by atoms with E-state index in [2.05, 4.69) is 4.74 Å². The quantitative estimate of drug-likeness (QED) is 0.652. The minimum Gasteiger partial charge on any atom is -0.467 e. The number of hydrogen-bond acceptors (Lipinski definition) is 5. The van der Waals surface area contributed by atoms with Crippen LogP contribution >= 0.6 is 0 Å². The third kappa shape index (κ3) is 3.08. The molecule has 1 aromatic rings. The number of β-amino-alcohol motifs (C(OH)–C–C–N with tert-alkyl or cyclic N) is 1. The lowest BCUT2D eigenvalue weighted by atomic mass is 10.2. The van der Waals surface area contributed by atoms with Gasteiger partial charge in [0.25, 0.3) is 0 Å². The van der Waals surface area contributed by atoms with Crippen LogP contribution in [0.2, 0.25) is 0 Å². The van der Waals surface area contributed by atoms with Crippen molar-refractivity contribution in [2.24, 2.45) is 0 Å². The molecule has 1 aromatic heterocycles. The zero-order valence-electron chi connectivity index (χ0n) is 11.4. The normalized spacial score (nSPS) is 22.4. The molecule has 2 unspecified atom stereocenters. The van der Waals surface area contributed by atoms with Gasteiger partial charge in [0.05, 0.1) is 13.2 Å². The van der Waals surface area contributed by atoms with Gasteiger partial charge in [0.1, 0.15) is 17.6 Å². The van der Waals surface area contributed by atoms with E-state index in [0.29, 0.717) is 5.76 Å². The summed E-state index contributed by atoms with van der Waals surface area (Å²) in [6, 6.07) is 2.81. The van der Waals surface area contributed by atoms with Crippen LogP contribution in [0.4, 0.5) is 0 Å². The molecule has 1 saturated heterocycles. The number of esters is 1. The van der Waals surface area contributed by atoms with E-state index < -0.39 is 18.1 Å². The molecule has 0 bridgehead atoms. The van der Waals surface area contributed by atoms with Crippen molar-refractivity contribution in [2.45, 2.75) is 25.5 Å². The molecule has 2 atom stereocenters. The van der Waals surface area contributed by atoms with Crippen molar-refractivity contribution in [2.75, 3.05) is 13.7 Å². The van der Waals surface area contributed by atoms with Crippen molar-refractivity contribution < 1.29 is 23.8 Å². The number of furan rings is 1. The second-order valence-electron chi connectivity index (χ2n) is 4.70. The van der Waals surface area contributed by atoms with Gasteiger partial charge < -0.3 is 19.2 Å². The number of amides is 1. The van der Waals surface area contributed by atoms with Crippen molar-refractivity contribution in [3.05, 3.63) is 29.7 Å². The predicted molar refractivity (Wildman–Crippen MR) is 70.6 cm³/mol. The number of aryl methyl sites for hydroxylation is 1. The molecule has 1 aliphatic heterocycles. The topological polar surface area (TPSA) is 80.0 Å². The van der Waals surface area contributed by atoms with Gasteiger partial charge in [-0.3, -0.25) is 4.79 Å². The predicted octanol–water partition coefficient (Wildman–Crippen LogP) is 0.736. The molecular formula is C14H17NO5. The number of carbonyl (C=O) groups excluding carboxylic acids is 2. The number of aliphatic hydroxyl groups is 1. The average Bonchev–Trinajstić information content (AvgIpc) is 3.01. The maximum atomic E-state index is 12.1. The first-order valence-electron chi connectivity index (χ1n) is 6.32. The summed E-state index contributed by atoms with van der Waals surface area (Å²) in [5.41, 5.74) is 0. The van der Waals surface area contributed by atoms with Crippen LogP contribution in [0.25, 0.3) is 6.08 Å². The molecule has 2 rings (SSSR count). The first-order valence-corrected chi connectivity index (χ1v) is 6.32. The van der Waals surface area contributed by atoms with Gasteiger partial charge >= 0.3 is 5.97 Å². The Morgan fingerprint density at radius 2 is 2.25 bits per heavy atom. The van der Waals surface area contributed by atoms with Crippen LogP contribution in [0, 0.1) is 6.92 Å². The maximum Gasteiger partial charge on any atom is 0.328 e. The van der Waals surface area contributed by atoms with Crippen LogP contribution < -0.4 is 0 Å². The van der Waals surface area contributed by atoms with Crippen molar-refractivity contribution >= 4 is 18.0 Å². The Balaban J connectivity index is 2.07. The molecule has 1 aliphatic rings. The van der Waals surface area contributed by atoms with Crippen LogP contribution in [-0.2, 0) is 14.3 Å². The highest BCUT2D eigenvalue weighted by Gasteiger charge is 2.38. The summed E-state index contributed by atoms with van der Waals surface area (Å²) in [4.78, 5) is 25.0. The largest absolute Gasteiger partial charge is 0.467 e. The molecule has 0 saturated carbocycles. The van der Waals surface area contributed by atoms with Crippen molar-refractivity contribution in [3.63, 3.8) is 0 Å². The summed E-state index contributed by atoms with van der Waals surface area (Å²) in [6.07, 6.45) is 2.36. The second kappa shape index (κ2) is 5.92. The van der Waals surface area contributed by atoms with E-state index in [0.717, 1.165) is 5.76 Å². The average molecular weight is 279 g/mol. The van der Waals surface area contributed by atoms with Crippen molar-refractivity contribution in [3.8, 4) is 0 Å². The van der Waals surface area contributed by atoms with E-state index in [4.69, 9.17) is 4.42 Å². The molecule has 0 spiro atoms. The molecule has 0 radical (unpaired) electrons. The Morgan fingerprint density at radius 3 is 2.85 bits per heavy atom. The smallest absolute Gasteiger partial charge is 0.328 e. The first kappa shape index (κ1) is 14.3. The molecule has 20 heavy (non-hydrogen) atoms. The van der Waals surface area contributed by atoms with Gasteiger partial charge in [-0.2, -0.15) is 0 Å². The third-order valence-electron chi connectivity index (χ3n) is 3.19. The molecule has 1 amide bonds. The summed E-state index contributed by atoms with van der Waals surface area (Å²) >= 11 is 0. The lowest BCUT2D eigenvalue weighted by molar-refractivity contribution is -0.149. The minimum atomic E-state index is -0.731. The van der Waals surface area contributed by atoms with Crippen LogP contribution in [0.5, 0.6) is 0 Å². The summed E-state index contributed by atoms with van der Waals surface area (Å²) in [5, 5.41) is 9.61. The van der Waals surface area contributed by atoms with Gasteiger partial charge in [-0.25, -0.2) is 4.79 Å². The zero-order valence-corrected chi connectivity index (χ0v) is 11.4. The number of hydrogen-bond donors (Lipinski definition) is 1. The molecular weight excluding hydrogens is 262 g/mol. The first-order chi connectivity index (χ1) is 9.51. The number of ether oxygens (including phenoxy) is 1. The van der Waals surface area contributed by atoms with Gasteiger partial charge in [0, 0.05) is 19.0 Å². The molecule has 6 nitrogen and oxygen atoms in total. The molecule has 108 valence electrons. The third-order valence-corrected chi connectivity index (χ3v) is 3.19. The number of methoxy groups -OCH3 is 1. The summed E-state index contributed by atoms with van der Waals surface area (Å²) in [5.74, 6) is 0.439. The Bertz CT molecular complexity index is 533. The Kier molecular flexibility index (Phi) is 4.24. The van der Waals surface area contributed by atoms with Crippen LogP contribution in [0.3, 0.4) is 0 Å². The Morgan fingerprint density at radius 1 is 1.50 bits per heavy atom. The summed E-state index contributed by atoms with van der Waals surface area (Å²) in [7, 11) is 1.26. The van der Waals surface area contributed by atoms with Gasteiger partial charge in [-0.05, 0) is 25.1 Å². The van der Waals surface area contributed by atoms with E-state index >= 15 is 0 Å². The zero-order chi connectivity index (χ0) is 14.7. The van der Waals surface area contributed by atoms with Gasteiger partial charge in [0.2, 0.25) is 5.91 Å². The van der Waals surface area contributed by atoms with Crippen LogP contribution in [0.15, 0.2) is 22.6 Å². The molecule has 1 fully saturated rings. The number of likely N-dealkylation sites (tertiary alicyclic amines) is 1. The molecule has 1 N–H and O–H groups in total. The van der Waals surface area contributed by atoms with Gasteiger partial charge in [0.15, 0.2) is 0 Å². The van der Waals surface area contributed by atoms with Crippen LogP contribution in [0.1, 0.15) is 17.9 Å². The molecule has 6 heteroatoms. The fraction of sp³-hybridized carbons (Fsp3) is 0.429. The lowest BCUT2D eigenvalue weighted by Gasteiger charge is -2.20. The summed E-state index contributed by atoms with van der Waals surface area (Å²) in [6.45, 7) is 1.93. The van der Waals surface area contributed by atoms with Gasteiger partial charge in [-0.15, -0.1) is 0 Å². The summed E-state index contributed by atoms with van der Waals surface area (Å²) < 4.78 is 9.96. The highest BCUT2D eigenvalue weighted by atomic mass is 16.5. The second-order valence-corrected chi connectivity index (χ2v) is 4.70. The minimum absolute atomic E-state index is 0.125. The van der Waals surface area contributed by atoms with E-state index in [1.54, 1.807) is 12.1 Å². The fourth-order valence-electron chi connectivity index (χ4n) is 2.21. The maximum absolute atomic E-state index is 12.1. The van der Waals surface area contributed by atoms with E-state index in [1.165, 1.54) is 24.2 Å². The number of rotatable bonds is 3. The monoisotopic (exact) mass is 279 g/mol. The van der Waals surface area contributed by atoms with E-state index in [9.17, 15) is 14.7 Å². The van der Waals surface area contributed by atoms with E-state index in [1.807, 2.05) is 6.92 Å². The molecule has 0 aliphatic carbocycles. The van der Waals surface area contributed by atoms with Crippen molar-refractivity contribution in [1.29, 1.82) is 0 Å². The van der Waals surface area contributed by atoms with Crippen LogP contribution in [-0.4, -0.2) is 47.7 Å². The number of carbonyl (C=O) groups is 2. The SMILES string of the molecule is COC(=O)C1CC(O)CN1C(=O)/C=C/c1ccc(C)o1. The van der Waals surface area contributed by atoms with E-state index in [-0.39, 0.29) is 18.9 Å². The van der Waals surface area contributed by atoms with Crippen molar-refractivity contribution in [1.82, 2.24) is 4.90 Å². The highest BCUT2D eigenvalue weighted by molar-refractivity contribution is 5.94. The van der Waals surface area contributed by atoms with Gasteiger partial charge in [-0.1, -0.05) is 0 Å². The fourth-order valence-corrected chi connectivity index (χ4v) is 2.21. The number of nitrogens with zero attached hydrogens (tertiary/aromatic N) is 1. The number of aliphatic hydroxyl groups excluding tert-OH is 1. The molecule has 2 heterocycles. The Hall–Kier alpha value is -2.08. The Labute approximate surface area is 116 Å². The highest BCUT2D eigenvalue weighted by Crippen LogP contribution is 2.20. The molecule has 0 aromatic carbocycles. The standard InChI is InChI=1S/C14H17NO5/c1-9-3-4-11(20-9)5-6-13(17)15-8-10(16)7-12(15)14(18)19-2/h3-6,10,12,16H,7-8H2,1-2H3/b6-5+. The lowest BCUT2D eigenvalue weighted by Crippen LogP contribution is -2.40.